The van der Waals surface area contributed by atoms with Crippen molar-refractivity contribution in [3.63, 3.8) is 0 Å². The largest absolute Gasteiger partial charge is 0.256 e. The highest BCUT2D eigenvalue weighted by atomic mass is 19.1. The Balaban J connectivity index is 2.74. The second-order valence-electron chi connectivity index (χ2n) is 5.29. The average molecular weight is 275 g/mol. The lowest BCUT2D eigenvalue weighted by molar-refractivity contribution is 0.433. The summed E-state index contributed by atoms with van der Waals surface area (Å²) in [5.41, 5.74) is 1.39. The highest BCUT2D eigenvalue weighted by molar-refractivity contribution is 5.66. The zero-order valence-electron chi connectivity index (χ0n) is 12.1. The molecule has 0 spiro atoms. The Morgan fingerprint density at radius 1 is 1.10 bits per heavy atom. The van der Waals surface area contributed by atoms with Crippen molar-refractivity contribution in [2.45, 2.75) is 39.0 Å². The van der Waals surface area contributed by atoms with E-state index in [0.717, 1.165) is 18.9 Å². The molecule has 0 saturated heterocycles. The Labute approximate surface area is 118 Å². The molecule has 2 aromatic rings. The van der Waals surface area contributed by atoms with Crippen LogP contribution >= 0.6 is 0 Å². The van der Waals surface area contributed by atoms with Gasteiger partial charge in [0.15, 0.2) is 0 Å². The molecule has 0 amide bonds. The van der Waals surface area contributed by atoms with Gasteiger partial charge in [-0.05, 0) is 42.0 Å². The first kappa shape index (κ1) is 14.6. The molecule has 0 aliphatic carbocycles. The van der Waals surface area contributed by atoms with Crippen molar-refractivity contribution < 1.29 is 8.78 Å². The fourth-order valence-electron chi connectivity index (χ4n) is 2.45. The Morgan fingerprint density at radius 2 is 1.80 bits per heavy atom. The summed E-state index contributed by atoms with van der Waals surface area (Å²) in [6, 6.07) is 7.72. The summed E-state index contributed by atoms with van der Waals surface area (Å²) in [5, 5.41) is 0. The van der Waals surface area contributed by atoms with Crippen molar-refractivity contribution in [3.05, 3.63) is 53.7 Å². The van der Waals surface area contributed by atoms with Crippen molar-refractivity contribution in [2.75, 3.05) is 0 Å². The van der Waals surface area contributed by atoms with Crippen molar-refractivity contribution >= 4 is 0 Å². The highest BCUT2D eigenvalue weighted by Gasteiger charge is 2.28. The third-order valence-corrected chi connectivity index (χ3v) is 4.19. The third-order valence-electron chi connectivity index (χ3n) is 4.19. The Bertz CT molecular complexity index is 589. The summed E-state index contributed by atoms with van der Waals surface area (Å²) in [6.45, 7) is 6.11. The molecule has 0 N–H and O–H groups in total. The van der Waals surface area contributed by atoms with Crippen LogP contribution in [0.1, 0.15) is 39.2 Å². The van der Waals surface area contributed by atoms with Gasteiger partial charge in [-0.25, -0.2) is 8.78 Å². The summed E-state index contributed by atoms with van der Waals surface area (Å²) in [4.78, 5) is 4.22. The first-order chi connectivity index (χ1) is 9.51. The molecule has 0 fully saturated rings. The Hall–Kier alpha value is -1.77. The smallest absolute Gasteiger partial charge is 0.135 e. The number of pyridine rings is 1. The SMILES string of the molecule is CCC(C)(CC)c1cc(F)cc(F)c1-c1ccccn1. The lowest BCUT2D eigenvalue weighted by Crippen LogP contribution is -2.21. The number of nitrogens with zero attached hydrogens (tertiary/aromatic N) is 1. The molecule has 0 unspecified atom stereocenters. The van der Waals surface area contributed by atoms with Gasteiger partial charge in [-0.3, -0.25) is 4.98 Å². The summed E-state index contributed by atoms with van der Waals surface area (Å²) >= 11 is 0. The van der Waals surface area contributed by atoms with E-state index in [0.29, 0.717) is 16.8 Å². The van der Waals surface area contributed by atoms with Crippen LogP contribution in [-0.4, -0.2) is 4.98 Å². The van der Waals surface area contributed by atoms with E-state index in [4.69, 9.17) is 0 Å². The van der Waals surface area contributed by atoms with E-state index >= 15 is 0 Å². The van der Waals surface area contributed by atoms with E-state index in [1.165, 1.54) is 6.07 Å². The first-order valence-electron chi connectivity index (χ1n) is 6.92. The summed E-state index contributed by atoms with van der Waals surface area (Å²) in [7, 11) is 0. The monoisotopic (exact) mass is 275 g/mol. The van der Waals surface area contributed by atoms with Crippen LogP contribution in [0.15, 0.2) is 36.5 Å². The van der Waals surface area contributed by atoms with E-state index in [2.05, 4.69) is 4.98 Å². The zero-order chi connectivity index (χ0) is 14.8. The standard InChI is InChI=1S/C17H19F2N/c1-4-17(3,5-2)13-10-12(18)11-14(19)16(13)15-8-6-7-9-20-15/h6-11H,4-5H2,1-3H3. The van der Waals surface area contributed by atoms with Gasteiger partial charge in [0, 0.05) is 17.8 Å². The minimum atomic E-state index is -0.549. The van der Waals surface area contributed by atoms with Crippen LogP contribution in [0.25, 0.3) is 11.3 Å². The first-order valence-corrected chi connectivity index (χ1v) is 6.92. The van der Waals surface area contributed by atoms with Crippen molar-refractivity contribution in [1.29, 1.82) is 0 Å². The fraction of sp³-hybridized carbons (Fsp3) is 0.353. The highest BCUT2D eigenvalue weighted by Crippen LogP contribution is 2.39. The molecule has 1 heterocycles. The molecule has 3 heteroatoms. The molecule has 1 nitrogen and oxygen atoms in total. The van der Waals surface area contributed by atoms with Crippen molar-refractivity contribution in [3.8, 4) is 11.3 Å². The van der Waals surface area contributed by atoms with Gasteiger partial charge in [-0.1, -0.05) is 26.8 Å². The maximum Gasteiger partial charge on any atom is 0.135 e. The van der Waals surface area contributed by atoms with Crippen LogP contribution < -0.4 is 0 Å². The fourth-order valence-corrected chi connectivity index (χ4v) is 2.45. The minimum Gasteiger partial charge on any atom is -0.256 e. The lowest BCUT2D eigenvalue weighted by Gasteiger charge is -2.30. The quantitative estimate of drug-likeness (QED) is 0.756. The van der Waals surface area contributed by atoms with Crippen LogP contribution in [0.4, 0.5) is 8.78 Å². The average Bonchev–Trinajstić information content (AvgIpc) is 2.46. The summed E-state index contributed by atoms with van der Waals surface area (Å²) in [6.07, 6.45) is 3.25. The maximum atomic E-state index is 14.3. The van der Waals surface area contributed by atoms with E-state index in [1.807, 2.05) is 26.8 Å². The van der Waals surface area contributed by atoms with Gasteiger partial charge < -0.3 is 0 Å². The molecule has 1 aromatic carbocycles. The van der Waals surface area contributed by atoms with Crippen LogP contribution in [-0.2, 0) is 5.41 Å². The molecule has 1 aromatic heterocycles. The van der Waals surface area contributed by atoms with Crippen LogP contribution in [0.5, 0.6) is 0 Å². The number of aromatic nitrogens is 1. The predicted molar refractivity (Wildman–Crippen MR) is 77.5 cm³/mol. The molecule has 106 valence electrons. The van der Waals surface area contributed by atoms with Gasteiger partial charge in [0.2, 0.25) is 0 Å². The maximum absolute atomic E-state index is 14.3. The van der Waals surface area contributed by atoms with E-state index < -0.39 is 11.6 Å². The molecular weight excluding hydrogens is 256 g/mol. The number of benzene rings is 1. The molecule has 0 radical (unpaired) electrons. The molecular formula is C17H19F2N. The van der Waals surface area contributed by atoms with Crippen molar-refractivity contribution in [2.24, 2.45) is 0 Å². The molecule has 0 aliphatic rings. The number of rotatable bonds is 4. The van der Waals surface area contributed by atoms with Gasteiger partial charge >= 0.3 is 0 Å². The molecule has 2 rings (SSSR count). The Kier molecular flexibility index (Phi) is 4.17. The number of hydrogen-bond acceptors (Lipinski definition) is 1. The second kappa shape index (κ2) is 5.70. The topological polar surface area (TPSA) is 12.9 Å². The molecule has 0 bridgehead atoms. The molecule has 20 heavy (non-hydrogen) atoms. The lowest BCUT2D eigenvalue weighted by atomic mass is 9.75. The van der Waals surface area contributed by atoms with E-state index in [9.17, 15) is 8.78 Å². The Morgan fingerprint density at radius 3 is 2.35 bits per heavy atom. The van der Waals surface area contributed by atoms with Crippen molar-refractivity contribution in [1.82, 2.24) is 4.98 Å². The predicted octanol–water partition coefficient (Wildman–Crippen LogP) is 5.10. The van der Waals surface area contributed by atoms with Gasteiger partial charge in [0.1, 0.15) is 11.6 Å². The second-order valence-corrected chi connectivity index (χ2v) is 5.29. The van der Waals surface area contributed by atoms with Gasteiger partial charge in [0.05, 0.1) is 5.69 Å². The third kappa shape index (κ3) is 2.58. The summed E-state index contributed by atoms with van der Waals surface area (Å²) < 4.78 is 28.0. The van der Waals surface area contributed by atoms with Crippen LogP contribution in [0.2, 0.25) is 0 Å². The minimum absolute atomic E-state index is 0.268. The molecule has 0 atom stereocenters. The summed E-state index contributed by atoms with van der Waals surface area (Å²) in [5.74, 6) is -1.09. The van der Waals surface area contributed by atoms with E-state index in [1.54, 1.807) is 18.3 Å². The van der Waals surface area contributed by atoms with Gasteiger partial charge in [0.25, 0.3) is 0 Å². The normalized spacial score (nSPS) is 11.7. The van der Waals surface area contributed by atoms with Gasteiger partial charge in [-0.15, -0.1) is 0 Å². The van der Waals surface area contributed by atoms with Crippen LogP contribution in [0, 0.1) is 11.6 Å². The zero-order valence-corrected chi connectivity index (χ0v) is 12.1. The number of hydrogen-bond donors (Lipinski definition) is 0. The van der Waals surface area contributed by atoms with Crippen LogP contribution in [0.3, 0.4) is 0 Å². The van der Waals surface area contributed by atoms with Gasteiger partial charge in [-0.2, -0.15) is 0 Å². The molecule has 0 aliphatic heterocycles. The molecule has 0 saturated carbocycles. The number of halogens is 2. The van der Waals surface area contributed by atoms with E-state index in [-0.39, 0.29) is 5.41 Å².